The van der Waals surface area contributed by atoms with Crippen LogP contribution in [0.5, 0.6) is 0 Å². The van der Waals surface area contributed by atoms with Crippen LogP contribution >= 0.6 is 32.2 Å². The van der Waals surface area contributed by atoms with Crippen molar-refractivity contribution in [3.05, 3.63) is 168 Å². The minimum atomic E-state index is -0.348. The molecule has 5 heteroatoms. The molecule has 0 unspecified atom stereocenters. The smallest absolute Gasteiger partial charge is 0.0168 e. The Hall–Kier alpha value is -2.47. The number of hydrogen-bond acceptors (Lipinski definition) is 0. The van der Waals surface area contributed by atoms with Crippen molar-refractivity contribution in [1.82, 2.24) is 0 Å². The molecule has 2 aromatic heterocycles. The largest absolute Gasteiger partial charge is 0.0672 e. The molecule has 0 radical (unpaired) electrons. The molecule has 6 aromatic rings. The first-order valence-corrected chi connectivity index (χ1v) is 19.3. The van der Waals surface area contributed by atoms with Gasteiger partial charge >= 0.3 is 0 Å². The van der Waals surface area contributed by atoms with Crippen LogP contribution in [0.2, 0.25) is 0 Å². The third kappa shape index (κ3) is 9.51. The van der Waals surface area contributed by atoms with Crippen LogP contribution in [0.15, 0.2) is 157 Å². The molecule has 0 saturated carbocycles. The molecule has 0 fully saturated rings. The van der Waals surface area contributed by atoms with E-state index < -0.39 is 0 Å². The zero-order valence-electron chi connectivity index (χ0n) is 24.5. The van der Waals surface area contributed by atoms with E-state index in [1.54, 1.807) is 0 Å². The third-order valence-corrected chi connectivity index (χ3v) is 14.9. The summed E-state index contributed by atoms with van der Waals surface area (Å²) in [5.41, 5.74) is 2.81. The van der Waals surface area contributed by atoms with Gasteiger partial charge in [0.15, 0.2) is 0 Å². The van der Waals surface area contributed by atoms with Crippen LogP contribution in [0.25, 0.3) is 10.6 Å². The number of rotatable bonds is 8. The molecule has 0 aliphatic rings. The summed E-state index contributed by atoms with van der Waals surface area (Å²) in [6.07, 6.45) is 2.41. The maximum Gasteiger partial charge on any atom is 0.0168 e. The molecule has 0 bridgehead atoms. The summed E-state index contributed by atoms with van der Waals surface area (Å²) in [5, 5.41) is 8.85. The molecule has 43 heavy (non-hydrogen) atoms. The number of hydrogen-bond donors (Lipinski definition) is 0. The maximum absolute atomic E-state index is 2.30. The van der Waals surface area contributed by atoms with Crippen LogP contribution in [-0.2, 0) is 16.5 Å². The molecule has 0 spiro atoms. The van der Waals surface area contributed by atoms with Crippen LogP contribution in [0.4, 0.5) is 0 Å². The van der Waals surface area contributed by atoms with E-state index in [2.05, 4.69) is 171 Å². The fraction of sp³-hybridized carbons (Fsp3) is 0.105. The average molecular weight is 675 g/mol. The molecule has 2 heterocycles. The SMILES string of the molecule is Cc1cccpc1-c1pcccc1C.[Ni].c1ccc(P(CCP(c2ccccc2)c2ccccc2)c2ccccc2)cc1. The molecular formula is C38H36NiP4. The van der Waals surface area contributed by atoms with Gasteiger partial charge in [0.25, 0.3) is 0 Å². The van der Waals surface area contributed by atoms with Crippen molar-refractivity contribution in [3.63, 3.8) is 0 Å². The van der Waals surface area contributed by atoms with Crippen molar-refractivity contribution < 1.29 is 16.5 Å². The van der Waals surface area contributed by atoms with Gasteiger partial charge in [-0.3, -0.25) is 0 Å². The van der Waals surface area contributed by atoms with Gasteiger partial charge in [-0.05, 0) is 86.0 Å². The van der Waals surface area contributed by atoms with Gasteiger partial charge in [0.1, 0.15) is 0 Å². The summed E-state index contributed by atoms with van der Waals surface area (Å²) in [7, 11) is 1.97. The molecule has 0 atom stereocenters. The second kappa shape index (κ2) is 17.7. The van der Waals surface area contributed by atoms with E-state index in [0.29, 0.717) is 0 Å². The Labute approximate surface area is 273 Å². The van der Waals surface area contributed by atoms with Crippen molar-refractivity contribution in [2.45, 2.75) is 13.8 Å². The fourth-order valence-corrected chi connectivity index (χ4v) is 12.4. The van der Waals surface area contributed by atoms with Gasteiger partial charge < -0.3 is 0 Å². The Balaban J connectivity index is 0.000000238. The first-order valence-electron chi connectivity index (χ1n) is 14.3. The minimum absolute atomic E-state index is 0. The van der Waals surface area contributed by atoms with Crippen LogP contribution in [0.3, 0.4) is 0 Å². The maximum atomic E-state index is 2.30. The van der Waals surface area contributed by atoms with E-state index in [-0.39, 0.29) is 32.3 Å². The molecule has 0 saturated heterocycles. The van der Waals surface area contributed by atoms with Gasteiger partial charge in [0.05, 0.1) is 0 Å². The predicted octanol–water partition coefficient (Wildman–Crippen LogP) is 10.4. The molecule has 6 rings (SSSR count). The molecule has 218 valence electrons. The number of benzene rings is 4. The quantitative estimate of drug-likeness (QED) is 0.111. The van der Waals surface area contributed by atoms with Crippen LogP contribution in [0.1, 0.15) is 11.1 Å². The molecule has 0 amide bonds. The number of aryl methyl sites for hydroxylation is 2. The van der Waals surface area contributed by atoms with Gasteiger partial charge in [0, 0.05) is 27.1 Å². The summed E-state index contributed by atoms with van der Waals surface area (Å²) in [5.74, 6) is 4.41. The summed E-state index contributed by atoms with van der Waals surface area (Å²) < 4.78 is 0. The van der Waals surface area contributed by atoms with Gasteiger partial charge in [-0.2, -0.15) is 0 Å². The Morgan fingerprint density at radius 2 is 0.674 bits per heavy atom. The summed E-state index contributed by atoms with van der Waals surface area (Å²) in [4.78, 5) is 0. The molecule has 0 N–H and O–H groups in total. The summed E-state index contributed by atoms with van der Waals surface area (Å²) in [6.45, 7) is 4.39. The Morgan fingerprint density at radius 3 is 0.930 bits per heavy atom. The zero-order valence-corrected chi connectivity index (χ0v) is 29.1. The first kappa shape index (κ1) is 33.4. The zero-order chi connectivity index (χ0) is 29.0. The van der Waals surface area contributed by atoms with Crippen molar-refractivity contribution in [2.24, 2.45) is 0 Å². The monoisotopic (exact) mass is 674 g/mol. The van der Waals surface area contributed by atoms with Crippen molar-refractivity contribution >= 4 is 53.4 Å². The molecular weight excluding hydrogens is 639 g/mol. The summed E-state index contributed by atoms with van der Waals surface area (Å²) in [6, 6.07) is 52.9. The molecule has 4 aromatic carbocycles. The minimum Gasteiger partial charge on any atom is -0.0672 e. The van der Waals surface area contributed by atoms with Crippen molar-refractivity contribution in [2.75, 3.05) is 12.3 Å². The van der Waals surface area contributed by atoms with Crippen LogP contribution in [0, 0.1) is 13.8 Å². The standard InChI is InChI=1S/C26H24P2.C12H12P2.Ni/c1-5-13-23(14-6-1)27(24-15-7-2-8-16-24)21-22-28(25-17-9-3-10-18-25)26-19-11-4-12-20-26;1-9-5-3-7-13-11(9)12-10(2)6-4-8-14-12;/h1-20H,21-22H2;3-8H,1-2H3;. The van der Waals surface area contributed by atoms with Crippen LogP contribution < -0.4 is 21.2 Å². The van der Waals surface area contributed by atoms with Gasteiger partial charge in [0.2, 0.25) is 0 Å². The Kier molecular flexibility index (Phi) is 13.8. The van der Waals surface area contributed by atoms with Gasteiger partial charge in [-0.15, -0.1) is 0 Å². The fourth-order valence-electron chi connectivity index (χ4n) is 4.91. The second-order valence-electron chi connectivity index (χ2n) is 9.98. The first-order chi connectivity index (χ1) is 20.7. The Bertz CT molecular complexity index is 1440. The summed E-state index contributed by atoms with van der Waals surface area (Å²) >= 11 is 0. The van der Waals surface area contributed by atoms with E-state index in [0.717, 1.165) is 0 Å². The van der Waals surface area contributed by atoms with Crippen molar-refractivity contribution in [1.29, 1.82) is 0 Å². The van der Waals surface area contributed by atoms with E-state index in [1.165, 1.54) is 71.6 Å². The predicted molar refractivity (Wildman–Crippen MR) is 194 cm³/mol. The van der Waals surface area contributed by atoms with Crippen LogP contribution in [-0.4, -0.2) is 12.3 Å². The third-order valence-electron chi connectivity index (χ3n) is 7.06. The van der Waals surface area contributed by atoms with Gasteiger partial charge in [-0.25, -0.2) is 0 Å². The molecule has 0 aliphatic heterocycles. The Morgan fingerprint density at radius 1 is 0.395 bits per heavy atom. The molecule has 0 nitrogen and oxygen atoms in total. The van der Waals surface area contributed by atoms with Gasteiger partial charge in [-0.1, -0.05) is 162 Å². The van der Waals surface area contributed by atoms with E-state index in [4.69, 9.17) is 0 Å². The van der Waals surface area contributed by atoms with Crippen molar-refractivity contribution in [3.8, 4) is 10.6 Å². The average Bonchev–Trinajstić information content (AvgIpc) is 3.06. The normalized spacial score (nSPS) is 10.9. The topological polar surface area (TPSA) is 0 Å². The van der Waals surface area contributed by atoms with E-state index in [9.17, 15) is 0 Å². The van der Waals surface area contributed by atoms with E-state index >= 15 is 0 Å². The second-order valence-corrected chi connectivity index (χ2v) is 16.7. The van der Waals surface area contributed by atoms with E-state index in [1.807, 2.05) is 0 Å². The molecule has 0 aliphatic carbocycles.